The minimum Gasteiger partial charge on any atom is -0.491 e. The Balaban J connectivity index is 1.55. The van der Waals surface area contributed by atoms with Crippen LogP contribution in [0.4, 0.5) is 4.39 Å². The summed E-state index contributed by atoms with van der Waals surface area (Å²) in [5, 5.41) is 0. The zero-order valence-electron chi connectivity index (χ0n) is 14.6. The molecule has 0 spiro atoms. The Hall–Kier alpha value is -2.14. The lowest BCUT2D eigenvalue weighted by atomic mass is 9.91. The van der Waals surface area contributed by atoms with Crippen molar-refractivity contribution in [1.82, 2.24) is 9.88 Å². The molecule has 1 N–H and O–H groups in total. The van der Waals surface area contributed by atoms with Crippen molar-refractivity contribution in [3.63, 3.8) is 0 Å². The number of nitrogens with one attached hydrogen (secondary N) is 1. The van der Waals surface area contributed by atoms with Crippen LogP contribution < -0.4 is 10.2 Å². The number of ether oxygens (including phenoxy) is 1. The first-order chi connectivity index (χ1) is 12.2. The minimum atomic E-state index is -0.106. The molecule has 1 aromatic heterocycles. The van der Waals surface area contributed by atoms with Gasteiger partial charge in [0.25, 0.3) is 0 Å². The van der Waals surface area contributed by atoms with Gasteiger partial charge < -0.3 is 9.72 Å². The van der Waals surface area contributed by atoms with Gasteiger partial charge in [-0.05, 0) is 49.8 Å². The zero-order chi connectivity index (χ0) is 17.6. The second-order valence-corrected chi connectivity index (χ2v) is 6.76. The summed E-state index contributed by atoms with van der Waals surface area (Å²) >= 11 is 0. The van der Waals surface area contributed by atoms with Gasteiger partial charge in [-0.15, -0.1) is 0 Å². The van der Waals surface area contributed by atoms with E-state index in [1.165, 1.54) is 19.6 Å². The van der Waals surface area contributed by atoms with Gasteiger partial charge in [0, 0.05) is 31.0 Å². The number of benzene rings is 1. The molecule has 134 valence electrons. The van der Waals surface area contributed by atoms with Gasteiger partial charge in [-0.1, -0.05) is 18.2 Å². The van der Waals surface area contributed by atoms with E-state index in [1.807, 2.05) is 12.1 Å². The molecule has 0 unspecified atom stereocenters. The maximum Gasteiger partial charge on any atom is 0.223 e. The van der Waals surface area contributed by atoms with Crippen LogP contribution in [0.1, 0.15) is 30.5 Å². The van der Waals surface area contributed by atoms with Gasteiger partial charge in [-0.3, -0.25) is 9.69 Å². The standard InChI is InChI=1S/C20H25FN2O2/c1-25-20-12-22-17(11-19(20)24)14-23-10-4-5-15(13-23)8-9-16-6-2-3-7-18(16)21/h2-3,6-7,11-12,15H,4-5,8-10,13-14H2,1H3,(H,22,24)/t15-/m0/s1. The number of piperidine rings is 1. The maximum atomic E-state index is 13.8. The van der Waals surface area contributed by atoms with Crippen molar-refractivity contribution < 1.29 is 9.13 Å². The maximum absolute atomic E-state index is 13.8. The van der Waals surface area contributed by atoms with E-state index in [0.717, 1.165) is 50.2 Å². The molecule has 1 fully saturated rings. The predicted molar refractivity (Wildman–Crippen MR) is 96.3 cm³/mol. The summed E-state index contributed by atoms with van der Waals surface area (Å²) in [6.07, 6.45) is 5.73. The Bertz CT molecular complexity index is 759. The topological polar surface area (TPSA) is 45.3 Å². The van der Waals surface area contributed by atoms with Crippen LogP contribution in [0.5, 0.6) is 5.75 Å². The van der Waals surface area contributed by atoms with E-state index in [1.54, 1.807) is 18.3 Å². The molecule has 0 bridgehead atoms. The second kappa shape index (κ2) is 8.30. The number of methoxy groups -OCH3 is 1. The van der Waals surface area contributed by atoms with Gasteiger partial charge in [0.1, 0.15) is 5.82 Å². The number of aromatic nitrogens is 1. The normalized spacial score (nSPS) is 18.2. The van der Waals surface area contributed by atoms with Crippen LogP contribution in [-0.2, 0) is 13.0 Å². The van der Waals surface area contributed by atoms with E-state index in [9.17, 15) is 9.18 Å². The number of aromatic amines is 1. The molecule has 1 saturated heterocycles. The highest BCUT2D eigenvalue weighted by molar-refractivity contribution is 5.20. The van der Waals surface area contributed by atoms with Gasteiger partial charge in [0.2, 0.25) is 5.43 Å². The summed E-state index contributed by atoms with van der Waals surface area (Å²) in [6, 6.07) is 8.64. The van der Waals surface area contributed by atoms with E-state index >= 15 is 0 Å². The van der Waals surface area contributed by atoms with Crippen LogP contribution in [-0.4, -0.2) is 30.1 Å². The number of likely N-dealkylation sites (tertiary alicyclic amines) is 1. The van der Waals surface area contributed by atoms with Gasteiger partial charge in [0.05, 0.1) is 7.11 Å². The summed E-state index contributed by atoms with van der Waals surface area (Å²) in [6.45, 7) is 2.75. The van der Waals surface area contributed by atoms with Crippen LogP contribution in [0.3, 0.4) is 0 Å². The molecule has 0 amide bonds. The molecule has 3 rings (SSSR count). The molecule has 1 atom stereocenters. The lowest BCUT2D eigenvalue weighted by Crippen LogP contribution is -2.35. The van der Waals surface area contributed by atoms with Gasteiger partial charge in [0.15, 0.2) is 5.75 Å². The molecular formula is C20H25FN2O2. The lowest BCUT2D eigenvalue weighted by Gasteiger charge is -2.32. The van der Waals surface area contributed by atoms with Crippen molar-refractivity contribution in [3.05, 3.63) is 63.8 Å². The highest BCUT2D eigenvalue weighted by Gasteiger charge is 2.20. The smallest absolute Gasteiger partial charge is 0.223 e. The molecule has 0 saturated carbocycles. The molecule has 1 aromatic carbocycles. The predicted octanol–water partition coefficient (Wildman–Crippen LogP) is 3.37. The molecule has 0 aliphatic carbocycles. The summed E-state index contributed by atoms with van der Waals surface area (Å²) < 4.78 is 18.8. The second-order valence-electron chi connectivity index (χ2n) is 6.76. The van der Waals surface area contributed by atoms with E-state index in [2.05, 4.69) is 9.88 Å². The largest absolute Gasteiger partial charge is 0.491 e. The van der Waals surface area contributed by atoms with Gasteiger partial charge in [-0.2, -0.15) is 0 Å². The molecule has 25 heavy (non-hydrogen) atoms. The third-order valence-electron chi connectivity index (χ3n) is 4.93. The SMILES string of the molecule is COc1c[nH]c(CN2CCC[C@@H](CCc3ccccc3F)C2)cc1=O. The Labute approximate surface area is 147 Å². The van der Waals surface area contributed by atoms with Gasteiger partial charge in [-0.25, -0.2) is 4.39 Å². The fraction of sp³-hybridized carbons (Fsp3) is 0.450. The molecular weight excluding hydrogens is 319 g/mol. The molecule has 0 radical (unpaired) electrons. The van der Waals surface area contributed by atoms with Crippen molar-refractivity contribution in [2.75, 3.05) is 20.2 Å². The number of aryl methyl sites for hydroxylation is 1. The average Bonchev–Trinajstić information content (AvgIpc) is 2.62. The number of hydrogen-bond donors (Lipinski definition) is 1. The Morgan fingerprint density at radius 1 is 1.36 bits per heavy atom. The fourth-order valence-corrected chi connectivity index (χ4v) is 3.58. The number of pyridine rings is 1. The first kappa shape index (κ1) is 17.7. The number of hydrogen-bond acceptors (Lipinski definition) is 3. The van der Waals surface area contributed by atoms with E-state index < -0.39 is 0 Å². The van der Waals surface area contributed by atoms with Crippen molar-refractivity contribution in [2.45, 2.75) is 32.2 Å². The van der Waals surface area contributed by atoms with Crippen LogP contribution >= 0.6 is 0 Å². The quantitative estimate of drug-likeness (QED) is 0.874. The molecule has 5 heteroatoms. The molecule has 1 aliphatic heterocycles. The van der Waals surface area contributed by atoms with Crippen LogP contribution in [0.25, 0.3) is 0 Å². The lowest BCUT2D eigenvalue weighted by molar-refractivity contribution is 0.160. The molecule has 2 heterocycles. The zero-order valence-corrected chi connectivity index (χ0v) is 14.6. The van der Waals surface area contributed by atoms with Crippen molar-refractivity contribution in [3.8, 4) is 5.75 Å². The number of nitrogens with zero attached hydrogens (tertiary/aromatic N) is 1. The Morgan fingerprint density at radius 2 is 2.20 bits per heavy atom. The summed E-state index contributed by atoms with van der Waals surface area (Å²) in [4.78, 5) is 17.4. The highest BCUT2D eigenvalue weighted by atomic mass is 19.1. The number of halogens is 1. The first-order valence-corrected chi connectivity index (χ1v) is 8.87. The van der Waals surface area contributed by atoms with E-state index in [-0.39, 0.29) is 11.2 Å². The van der Waals surface area contributed by atoms with Crippen molar-refractivity contribution >= 4 is 0 Å². The third kappa shape index (κ3) is 4.69. The van der Waals surface area contributed by atoms with E-state index in [4.69, 9.17) is 4.74 Å². The van der Waals surface area contributed by atoms with Crippen LogP contribution in [0.2, 0.25) is 0 Å². The molecule has 4 nitrogen and oxygen atoms in total. The highest BCUT2D eigenvalue weighted by Crippen LogP contribution is 2.23. The van der Waals surface area contributed by atoms with Crippen LogP contribution in [0.15, 0.2) is 41.3 Å². The summed E-state index contributed by atoms with van der Waals surface area (Å²) in [5.74, 6) is 0.800. The summed E-state index contributed by atoms with van der Waals surface area (Å²) in [7, 11) is 1.50. The van der Waals surface area contributed by atoms with Gasteiger partial charge >= 0.3 is 0 Å². The van der Waals surface area contributed by atoms with E-state index in [0.29, 0.717) is 11.7 Å². The third-order valence-corrected chi connectivity index (χ3v) is 4.93. The van der Waals surface area contributed by atoms with Crippen molar-refractivity contribution in [2.24, 2.45) is 5.92 Å². The molecule has 2 aromatic rings. The fourth-order valence-electron chi connectivity index (χ4n) is 3.58. The monoisotopic (exact) mass is 344 g/mol. The Morgan fingerprint density at radius 3 is 2.96 bits per heavy atom. The first-order valence-electron chi connectivity index (χ1n) is 8.87. The van der Waals surface area contributed by atoms with Crippen LogP contribution in [0, 0.1) is 11.7 Å². The van der Waals surface area contributed by atoms with Crippen molar-refractivity contribution in [1.29, 1.82) is 0 Å². The number of rotatable bonds is 6. The minimum absolute atomic E-state index is 0.0932. The average molecular weight is 344 g/mol. The number of H-pyrrole nitrogens is 1. The molecule has 1 aliphatic rings. The summed E-state index contributed by atoms with van der Waals surface area (Å²) in [5.41, 5.74) is 1.61. The Kier molecular flexibility index (Phi) is 5.87.